The standard InChI is InChI=1S/C18H21N3OS/c1-12-9-10-21(12)18-19-16-8-4-7-15(16)17(20-18)13-5-3-6-14(11-13)23(2)22/h3,5-6,11-12H,4,7-10H2,1-2H3/t12?,23-/m0/s1. The summed E-state index contributed by atoms with van der Waals surface area (Å²) in [4.78, 5) is 12.9. The predicted octanol–water partition coefficient (Wildman–Crippen LogP) is 2.97. The van der Waals surface area contributed by atoms with E-state index in [1.54, 1.807) is 6.26 Å². The Morgan fingerprint density at radius 3 is 2.83 bits per heavy atom. The molecule has 0 N–H and O–H groups in total. The van der Waals surface area contributed by atoms with Crippen molar-refractivity contribution >= 4 is 17.1 Å². The lowest BCUT2D eigenvalue weighted by molar-refractivity contribution is 0.470. The minimum Gasteiger partial charge on any atom is -0.612 e. The van der Waals surface area contributed by atoms with E-state index in [9.17, 15) is 4.55 Å². The van der Waals surface area contributed by atoms with Crippen molar-refractivity contribution in [2.75, 3.05) is 17.7 Å². The molecule has 2 aromatic rings. The lowest BCUT2D eigenvalue weighted by Crippen LogP contribution is -2.46. The Morgan fingerprint density at radius 1 is 1.26 bits per heavy atom. The van der Waals surface area contributed by atoms with Crippen LogP contribution in [-0.2, 0) is 24.0 Å². The molecule has 0 spiro atoms. The van der Waals surface area contributed by atoms with Crippen LogP contribution in [0.4, 0.5) is 5.95 Å². The average molecular weight is 327 g/mol. The van der Waals surface area contributed by atoms with Crippen LogP contribution in [0, 0.1) is 0 Å². The summed E-state index contributed by atoms with van der Waals surface area (Å²) >= 11 is -0.975. The number of rotatable bonds is 3. The molecular formula is C18H21N3OS. The van der Waals surface area contributed by atoms with E-state index in [1.165, 1.54) is 17.7 Å². The number of aryl methyl sites for hydroxylation is 1. The van der Waals surface area contributed by atoms with Gasteiger partial charge in [0.15, 0.2) is 4.90 Å². The molecule has 1 aliphatic carbocycles. The number of hydrogen-bond donors (Lipinski definition) is 0. The molecule has 1 aromatic heterocycles. The predicted molar refractivity (Wildman–Crippen MR) is 93.3 cm³/mol. The Bertz CT molecular complexity index is 747. The third-order valence-corrected chi connectivity index (χ3v) is 5.86. The Morgan fingerprint density at radius 2 is 2.13 bits per heavy atom. The first kappa shape index (κ1) is 15.0. The quantitative estimate of drug-likeness (QED) is 0.813. The number of anilines is 1. The van der Waals surface area contributed by atoms with E-state index < -0.39 is 11.2 Å². The van der Waals surface area contributed by atoms with Crippen LogP contribution in [0.5, 0.6) is 0 Å². The first-order valence-electron chi connectivity index (χ1n) is 8.24. The van der Waals surface area contributed by atoms with Crippen molar-refractivity contribution in [2.24, 2.45) is 0 Å². The summed E-state index contributed by atoms with van der Waals surface area (Å²) in [5.74, 6) is 0.863. The van der Waals surface area contributed by atoms with Crippen molar-refractivity contribution in [1.82, 2.24) is 9.97 Å². The Kier molecular flexibility index (Phi) is 3.77. The molecule has 120 valence electrons. The van der Waals surface area contributed by atoms with E-state index in [0.29, 0.717) is 6.04 Å². The maximum Gasteiger partial charge on any atom is 0.226 e. The lowest BCUT2D eigenvalue weighted by Gasteiger charge is -2.39. The summed E-state index contributed by atoms with van der Waals surface area (Å²) in [5.41, 5.74) is 4.58. The van der Waals surface area contributed by atoms with Crippen molar-refractivity contribution in [1.29, 1.82) is 0 Å². The van der Waals surface area contributed by atoms with Gasteiger partial charge in [0.25, 0.3) is 0 Å². The van der Waals surface area contributed by atoms with E-state index in [-0.39, 0.29) is 0 Å². The van der Waals surface area contributed by atoms with Gasteiger partial charge in [-0.3, -0.25) is 0 Å². The molecule has 1 saturated heterocycles. The number of hydrogen-bond acceptors (Lipinski definition) is 4. The highest BCUT2D eigenvalue weighted by Gasteiger charge is 2.29. The highest BCUT2D eigenvalue weighted by atomic mass is 32.2. The topological polar surface area (TPSA) is 52.1 Å². The van der Waals surface area contributed by atoms with E-state index in [0.717, 1.165) is 47.9 Å². The number of benzene rings is 1. The third-order valence-electron chi connectivity index (χ3n) is 4.94. The zero-order valence-corrected chi connectivity index (χ0v) is 14.4. The molecule has 1 aliphatic heterocycles. The average Bonchev–Trinajstić information content (AvgIpc) is 3.01. The van der Waals surface area contributed by atoms with Gasteiger partial charge in [-0.05, 0) is 49.8 Å². The monoisotopic (exact) mass is 327 g/mol. The van der Waals surface area contributed by atoms with Gasteiger partial charge in [-0.1, -0.05) is 12.1 Å². The molecule has 4 nitrogen and oxygen atoms in total. The van der Waals surface area contributed by atoms with Crippen LogP contribution in [0.2, 0.25) is 0 Å². The molecule has 0 radical (unpaired) electrons. The zero-order valence-electron chi connectivity index (χ0n) is 13.6. The highest BCUT2D eigenvalue weighted by molar-refractivity contribution is 7.90. The summed E-state index contributed by atoms with van der Waals surface area (Å²) in [5, 5.41) is 0. The molecule has 4 rings (SSSR count). The van der Waals surface area contributed by atoms with Gasteiger partial charge >= 0.3 is 0 Å². The normalized spacial score (nSPS) is 21.0. The van der Waals surface area contributed by atoms with Crippen LogP contribution in [0.25, 0.3) is 11.3 Å². The lowest BCUT2D eigenvalue weighted by atomic mass is 10.0. The van der Waals surface area contributed by atoms with Gasteiger partial charge in [0, 0.05) is 35.5 Å². The van der Waals surface area contributed by atoms with Crippen LogP contribution >= 0.6 is 0 Å². The summed E-state index contributed by atoms with van der Waals surface area (Å²) in [6.07, 6.45) is 6.16. The van der Waals surface area contributed by atoms with E-state index >= 15 is 0 Å². The molecule has 0 amide bonds. The Hall–Kier alpha value is -1.59. The van der Waals surface area contributed by atoms with E-state index in [4.69, 9.17) is 9.97 Å². The maximum atomic E-state index is 11.8. The fraction of sp³-hybridized carbons (Fsp3) is 0.444. The van der Waals surface area contributed by atoms with Gasteiger partial charge in [-0.15, -0.1) is 0 Å². The highest BCUT2D eigenvalue weighted by Crippen LogP contribution is 2.34. The number of nitrogens with zero attached hydrogens (tertiary/aromatic N) is 3. The van der Waals surface area contributed by atoms with Crippen LogP contribution in [0.1, 0.15) is 31.0 Å². The summed E-state index contributed by atoms with van der Waals surface area (Å²) < 4.78 is 11.8. The van der Waals surface area contributed by atoms with Crippen molar-refractivity contribution in [3.63, 3.8) is 0 Å². The zero-order chi connectivity index (χ0) is 16.0. The fourth-order valence-electron chi connectivity index (χ4n) is 3.42. The van der Waals surface area contributed by atoms with Crippen LogP contribution in [-0.4, -0.2) is 33.4 Å². The Balaban J connectivity index is 1.82. The minimum atomic E-state index is -0.975. The summed E-state index contributed by atoms with van der Waals surface area (Å²) in [6.45, 7) is 3.26. The molecule has 2 atom stereocenters. The number of aromatic nitrogens is 2. The summed E-state index contributed by atoms with van der Waals surface area (Å²) in [7, 11) is 0. The van der Waals surface area contributed by atoms with Gasteiger partial charge in [0.05, 0.1) is 5.69 Å². The first-order chi connectivity index (χ1) is 11.1. The molecule has 1 aromatic carbocycles. The van der Waals surface area contributed by atoms with Crippen molar-refractivity contribution in [3.8, 4) is 11.3 Å². The molecule has 5 heteroatoms. The largest absolute Gasteiger partial charge is 0.612 e. The second-order valence-electron chi connectivity index (χ2n) is 6.46. The van der Waals surface area contributed by atoms with Crippen molar-refractivity contribution in [3.05, 3.63) is 35.5 Å². The molecule has 23 heavy (non-hydrogen) atoms. The fourth-order valence-corrected chi connectivity index (χ4v) is 3.99. The van der Waals surface area contributed by atoms with E-state index in [1.807, 2.05) is 18.2 Å². The molecule has 2 heterocycles. The van der Waals surface area contributed by atoms with E-state index in [2.05, 4.69) is 17.9 Å². The smallest absolute Gasteiger partial charge is 0.226 e. The van der Waals surface area contributed by atoms with Crippen molar-refractivity contribution in [2.45, 2.75) is 43.5 Å². The van der Waals surface area contributed by atoms with Gasteiger partial charge in [0.2, 0.25) is 5.95 Å². The van der Waals surface area contributed by atoms with Gasteiger partial charge in [-0.2, -0.15) is 0 Å². The second kappa shape index (κ2) is 5.80. The second-order valence-corrected chi connectivity index (χ2v) is 7.84. The minimum absolute atomic E-state index is 0.525. The molecule has 1 fully saturated rings. The van der Waals surface area contributed by atoms with Crippen molar-refractivity contribution < 1.29 is 4.55 Å². The maximum absolute atomic E-state index is 11.8. The molecule has 2 aliphatic rings. The third kappa shape index (κ3) is 2.62. The molecule has 1 unspecified atom stereocenters. The molecular weight excluding hydrogens is 306 g/mol. The summed E-state index contributed by atoms with van der Waals surface area (Å²) in [6, 6.07) is 8.50. The molecule has 0 bridgehead atoms. The van der Waals surface area contributed by atoms with Crippen LogP contribution < -0.4 is 4.90 Å². The first-order valence-corrected chi connectivity index (χ1v) is 9.79. The Labute approximate surface area is 140 Å². The SMILES string of the molecule is CC1CCN1c1nc2c(c(-c3cccc([S@+](C)[O-])c3)n1)CCC2. The van der Waals surface area contributed by atoms with Gasteiger partial charge in [-0.25, -0.2) is 9.97 Å². The van der Waals surface area contributed by atoms with Gasteiger partial charge < -0.3 is 9.45 Å². The van der Waals surface area contributed by atoms with Crippen LogP contribution in [0.15, 0.2) is 29.2 Å². The van der Waals surface area contributed by atoms with Crippen LogP contribution in [0.3, 0.4) is 0 Å². The van der Waals surface area contributed by atoms with Gasteiger partial charge in [0.1, 0.15) is 6.26 Å². The number of fused-ring (bicyclic) bond motifs is 1. The molecule has 0 saturated carbocycles.